The molecule has 0 spiro atoms. The molecule has 1 N–H and O–H groups in total. The molecule has 8 heteroatoms. The van der Waals surface area contributed by atoms with Gasteiger partial charge in [-0.25, -0.2) is 4.98 Å². The van der Waals surface area contributed by atoms with Crippen molar-refractivity contribution in [1.82, 2.24) is 14.5 Å². The van der Waals surface area contributed by atoms with Crippen LogP contribution in [0.5, 0.6) is 11.5 Å². The molecule has 0 aliphatic carbocycles. The van der Waals surface area contributed by atoms with Gasteiger partial charge in [-0.1, -0.05) is 0 Å². The van der Waals surface area contributed by atoms with Gasteiger partial charge in [0.25, 0.3) is 5.91 Å². The monoisotopic (exact) mass is 379 g/mol. The van der Waals surface area contributed by atoms with E-state index in [1.54, 1.807) is 39.5 Å². The number of rotatable bonds is 3. The Hall–Kier alpha value is -3.42. The van der Waals surface area contributed by atoms with Crippen LogP contribution < -0.4 is 20.4 Å². The number of fused-ring (bicyclic) bond motifs is 3. The topological polar surface area (TPSA) is 90.6 Å². The van der Waals surface area contributed by atoms with Crippen molar-refractivity contribution in [3.63, 3.8) is 0 Å². The number of ether oxygens (including phenoxy) is 2. The molecule has 0 unspecified atom stereocenters. The summed E-state index contributed by atoms with van der Waals surface area (Å²) < 4.78 is 13.0. The first-order valence-corrected chi connectivity index (χ1v) is 8.95. The number of aromatic nitrogens is 3. The van der Waals surface area contributed by atoms with Crippen LogP contribution in [0, 0.1) is 13.8 Å². The number of carbonyl (C=O) groups excluding carboxylic acids is 1. The molecule has 0 radical (unpaired) electrons. The predicted octanol–water partition coefficient (Wildman–Crippen LogP) is 2.23. The van der Waals surface area contributed by atoms with Gasteiger partial charge in [-0.05, 0) is 32.0 Å². The van der Waals surface area contributed by atoms with Crippen LogP contribution in [0.15, 0.2) is 29.4 Å². The highest BCUT2D eigenvalue weighted by molar-refractivity contribution is 5.97. The number of hydrogen-bond acceptors (Lipinski definition) is 6. The van der Waals surface area contributed by atoms with Crippen LogP contribution in [0.2, 0.25) is 0 Å². The van der Waals surface area contributed by atoms with Crippen LogP contribution in [-0.2, 0) is 6.54 Å². The molecule has 1 aromatic carbocycles. The van der Waals surface area contributed by atoms with Gasteiger partial charge in [-0.3, -0.25) is 14.3 Å². The molecule has 0 bridgehead atoms. The summed E-state index contributed by atoms with van der Waals surface area (Å²) in [6, 6.07) is 5.37. The maximum Gasteiger partial charge on any atom is 0.282 e. The molecular weight excluding hydrogens is 358 g/mol. The fourth-order valence-electron chi connectivity index (χ4n) is 3.51. The van der Waals surface area contributed by atoms with Gasteiger partial charge in [0.05, 0.1) is 25.5 Å². The van der Waals surface area contributed by atoms with Crippen molar-refractivity contribution in [2.75, 3.05) is 26.1 Å². The van der Waals surface area contributed by atoms with Gasteiger partial charge in [0, 0.05) is 30.2 Å². The molecule has 8 nitrogen and oxygen atoms in total. The van der Waals surface area contributed by atoms with Crippen LogP contribution >= 0.6 is 0 Å². The molecular formula is C20H21N5O3. The molecule has 0 fully saturated rings. The van der Waals surface area contributed by atoms with Gasteiger partial charge in [0.15, 0.2) is 5.75 Å². The third-order valence-electron chi connectivity index (χ3n) is 4.92. The van der Waals surface area contributed by atoms with Gasteiger partial charge >= 0.3 is 0 Å². The summed E-state index contributed by atoms with van der Waals surface area (Å²) in [7, 11) is 3.22. The minimum Gasteiger partial charge on any atom is -0.496 e. The minimum atomic E-state index is -0.372. The van der Waals surface area contributed by atoms with E-state index in [-0.39, 0.29) is 5.91 Å². The molecule has 1 amide bonds. The second kappa shape index (κ2) is 6.95. The lowest BCUT2D eigenvalue weighted by atomic mass is 10.1. The molecule has 3 heterocycles. The molecule has 1 aliphatic rings. The molecule has 144 valence electrons. The van der Waals surface area contributed by atoms with Crippen LogP contribution in [0.3, 0.4) is 0 Å². The number of hydrogen-bond donors (Lipinski definition) is 1. The number of methoxy groups -OCH3 is 2. The summed E-state index contributed by atoms with van der Waals surface area (Å²) in [5.41, 5.74) is 2.91. The van der Waals surface area contributed by atoms with Crippen molar-refractivity contribution in [1.29, 1.82) is 0 Å². The third-order valence-corrected chi connectivity index (χ3v) is 4.92. The number of nitrogens with one attached hydrogen (secondary N) is 1. The van der Waals surface area contributed by atoms with Crippen molar-refractivity contribution >= 4 is 22.6 Å². The first kappa shape index (κ1) is 18.0. The number of aryl methyl sites for hydroxylation is 1. The Bertz CT molecular complexity index is 1170. The maximum absolute atomic E-state index is 12.8. The van der Waals surface area contributed by atoms with Gasteiger partial charge < -0.3 is 14.8 Å². The van der Waals surface area contributed by atoms with Crippen molar-refractivity contribution in [2.45, 2.75) is 20.4 Å². The Morgan fingerprint density at radius 3 is 2.82 bits per heavy atom. The van der Waals surface area contributed by atoms with E-state index in [0.29, 0.717) is 34.7 Å². The van der Waals surface area contributed by atoms with E-state index in [0.717, 1.165) is 29.1 Å². The zero-order valence-corrected chi connectivity index (χ0v) is 16.2. The summed E-state index contributed by atoms with van der Waals surface area (Å²) in [6.07, 6.45) is 1.65. The van der Waals surface area contributed by atoms with Crippen molar-refractivity contribution in [3.8, 4) is 11.5 Å². The van der Waals surface area contributed by atoms with Crippen molar-refractivity contribution < 1.29 is 14.3 Å². The summed E-state index contributed by atoms with van der Waals surface area (Å²) >= 11 is 0. The number of pyridine rings is 1. The number of carbonyl (C=O) groups is 1. The predicted molar refractivity (Wildman–Crippen MR) is 105 cm³/mol. The molecule has 2 aromatic heterocycles. The number of benzene rings is 1. The summed E-state index contributed by atoms with van der Waals surface area (Å²) in [4.78, 5) is 25.9. The molecule has 3 aromatic rings. The third kappa shape index (κ3) is 2.77. The molecule has 28 heavy (non-hydrogen) atoms. The number of anilines is 1. The van der Waals surface area contributed by atoms with Gasteiger partial charge in [0.2, 0.25) is 5.62 Å². The van der Waals surface area contributed by atoms with E-state index in [9.17, 15) is 4.79 Å². The molecule has 0 saturated heterocycles. The van der Waals surface area contributed by atoms with Crippen LogP contribution in [0.25, 0.3) is 10.9 Å². The summed E-state index contributed by atoms with van der Waals surface area (Å²) in [5, 5.41) is 4.22. The molecule has 0 saturated carbocycles. The zero-order valence-electron chi connectivity index (χ0n) is 16.2. The highest BCUT2D eigenvalue weighted by Gasteiger charge is 2.21. The fraction of sp³-hybridized carbons (Fsp3) is 0.300. The average Bonchev–Trinajstić information content (AvgIpc) is 3.18. The van der Waals surface area contributed by atoms with Gasteiger partial charge in [0.1, 0.15) is 17.1 Å². The van der Waals surface area contributed by atoms with E-state index in [2.05, 4.69) is 20.3 Å². The van der Waals surface area contributed by atoms with E-state index in [1.165, 1.54) is 0 Å². The van der Waals surface area contributed by atoms with Crippen LogP contribution in [-0.4, -0.2) is 41.2 Å². The van der Waals surface area contributed by atoms with Crippen molar-refractivity contribution in [2.24, 2.45) is 4.99 Å². The number of amides is 1. The fourth-order valence-corrected chi connectivity index (χ4v) is 3.51. The lowest BCUT2D eigenvalue weighted by molar-refractivity contribution is 0.0995. The minimum absolute atomic E-state index is 0.337. The molecule has 0 atom stereocenters. The van der Waals surface area contributed by atoms with Crippen LogP contribution in [0.1, 0.15) is 21.6 Å². The Kier molecular flexibility index (Phi) is 4.46. The van der Waals surface area contributed by atoms with Crippen LogP contribution in [0.4, 0.5) is 5.82 Å². The molecule has 1 aliphatic heterocycles. The lowest BCUT2D eigenvalue weighted by Gasteiger charge is -2.15. The quantitative estimate of drug-likeness (QED) is 0.750. The normalized spacial score (nSPS) is 13.4. The second-order valence-electron chi connectivity index (χ2n) is 6.53. The largest absolute Gasteiger partial charge is 0.496 e. The highest BCUT2D eigenvalue weighted by Crippen LogP contribution is 2.38. The Morgan fingerprint density at radius 1 is 1.29 bits per heavy atom. The van der Waals surface area contributed by atoms with E-state index < -0.39 is 0 Å². The van der Waals surface area contributed by atoms with E-state index >= 15 is 0 Å². The SMILES string of the molecule is COc1cc2c3n(c(=NC(=O)c4cccnc4C)nc2c(OC)c1C)CCN3. The lowest BCUT2D eigenvalue weighted by Crippen LogP contribution is -2.25. The van der Waals surface area contributed by atoms with Crippen molar-refractivity contribution in [3.05, 3.63) is 46.8 Å². The van der Waals surface area contributed by atoms with E-state index in [4.69, 9.17) is 9.47 Å². The van der Waals surface area contributed by atoms with Gasteiger partial charge in [-0.2, -0.15) is 4.99 Å². The first-order valence-electron chi connectivity index (χ1n) is 8.95. The standard InChI is InChI=1S/C20H21N5O3/c1-11-15(27-3)10-14-16(17(11)28-4)23-20(25-9-8-22-18(14)25)24-19(26)13-6-5-7-21-12(13)2/h5-7,10,22H,8-9H2,1-4H3. The maximum atomic E-state index is 12.8. The Balaban J connectivity index is 2.01. The number of nitrogens with zero attached hydrogens (tertiary/aromatic N) is 4. The smallest absolute Gasteiger partial charge is 0.282 e. The zero-order chi connectivity index (χ0) is 19.8. The van der Waals surface area contributed by atoms with Gasteiger partial charge in [-0.15, -0.1) is 0 Å². The average molecular weight is 379 g/mol. The highest BCUT2D eigenvalue weighted by atomic mass is 16.5. The second-order valence-corrected chi connectivity index (χ2v) is 6.53. The Morgan fingerprint density at radius 2 is 2.11 bits per heavy atom. The summed E-state index contributed by atoms with van der Waals surface area (Å²) in [5.74, 6) is 1.79. The Labute approximate surface area is 161 Å². The molecule has 4 rings (SSSR count). The van der Waals surface area contributed by atoms with E-state index in [1.807, 2.05) is 17.6 Å². The first-order chi connectivity index (χ1) is 13.5. The summed E-state index contributed by atoms with van der Waals surface area (Å²) in [6.45, 7) is 5.08.